The third kappa shape index (κ3) is 3.14. The predicted molar refractivity (Wildman–Crippen MR) is 90.7 cm³/mol. The van der Waals surface area contributed by atoms with Gasteiger partial charge in [-0.1, -0.05) is 25.1 Å². The Morgan fingerprint density at radius 3 is 2.86 bits per heavy atom. The first-order valence-corrected chi connectivity index (χ1v) is 8.69. The third-order valence-electron chi connectivity index (χ3n) is 4.10. The molecule has 1 aliphatic rings. The number of thiazole rings is 1. The number of amides is 1. The van der Waals surface area contributed by atoms with Gasteiger partial charge in [0.25, 0.3) is 5.91 Å². The number of hydrogen-bond donors (Lipinski definition) is 0. The van der Waals surface area contributed by atoms with Crippen LogP contribution in [0, 0.1) is 0 Å². The van der Waals surface area contributed by atoms with Crippen LogP contribution in [0.4, 0.5) is 5.13 Å². The molecule has 0 radical (unpaired) electrons. The molecule has 2 heterocycles. The Morgan fingerprint density at radius 1 is 1.23 bits per heavy atom. The molecule has 1 aliphatic heterocycles. The molecule has 5 heteroatoms. The molecule has 1 aromatic carbocycles. The molecule has 3 rings (SSSR count). The van der Waals surface area contributed by atoms with Crippen molar-refractivity contribution in [1.82, 2.24) is 9.88 Å². The molecular formula is C17H21N3OS. The van der Waals surface area contributed by atoms with Gasteiger partial charge in [-0.15, -0.1) is 11.3 Å². The zero-order valence-electron chi connectivity index (χ0n) is 12.9. The van der Waals surface area contributed by atoms with Crippen molar-refractivity contribution < 1.29 is 4.79 Å². The molecule has 2 aromatic rings. The minimum Gasteiger partial charge on any atom is -0.346 e. The minimum absolute atomic E-state index is 0.165. The molecule has 116 valence electrons. The van der Waals surface area contributed by atoms with Gasteiger partial charge in [0.2, 0.25) is 0 Å². The molecule has 1 amide bonds. The van der Waals surface area contributed by atoms with E-state index in [2.05, 4.69) is 16.8 Å². The minimum atomic E-state index is 0.165. The lowest BCUT2D eigenvalue weighted by Gasteiger charge is -2.22. The first-order valence-electron chi connectivity index (χ1n) is 7.81. The largest absolute Gasteiger partial charge is 0.346 e. The van der Waals surface area contributed by atoms with Crippen molar-refractivity contribution in [2.45, 2.75) is 19.8 Å². The van der Waals surface area contributed by atoms with Crippen LogP contribution in [0.25, 0.3) is 0 Å². The van der Waals surface area contributed by atoms with E-state index in [4.69, 9.17) is 0 Å². The standard InChI is InChI=1S/C17H21N3OS/c1-2-14-6-3-4-7-15(14)16(21)19-9-5-10-20(12-11-19)17-18-8-13-22-17/h3-4,6-8,13H,2,5,9-12H2,1H3. The molecule has 0 spiro atoms. The maximum Gasteiger partial charge on any atom is 0.254 e. The van der Waals surface area contributed by atoms with Gasteiger partial charge in [-0.25, -0.2) is 4.98 Å². The Morgan fingerprint density at radius 2 is 2.09 bits per heavy atom. The van der Waals surface area contributed by atoms with Crippen LogP contribution in [0.3, 0.4) is 0 Å². The van der Waals surface area contributed by atoms with E-state index in [1.54, 1.807) is 11.3 Å². The fraction of sp³-hybridized carbons (Fsp3) is 0.412. The van der Waals surface area contributed by atoms with Crippen molar-refractivity contribution in [3.05, 3.63) is 47.0 Å². The molecule has 1 saturated heterocycles. The van der Waals surface area contributed by atoms with Crippen LogP contribution >= 0.6 is 11.3 Å². The molecule has 1 aromatic heterocycles. The summed E-state index contributed by atoms with van der Waals surface area (Å²) in [6.45, 7) is 5.49. The van der Waals surface area contributed by atoms with Crippen LogP contribution in [-0.2, 0) is 6.42 Å². The summed E-state index contributed by atoms with van der Waals surface area (Å²) >= 11 is 1.66. The Bertz CT molecular complexity index is 627. The van der Waals surface area contributed by atoms with Crippen LogP contribution in [0.1, 0.15) is 29.3 Å². The number of nitrogens with zero attached hydrogens (tertiary/aromatic N) is 3. The summed E-state index contributed by atoms with van der Waals surface area (Å²) in [5.74, 6) is 0.165. The van der Waals surface area contributed by atoms with Gasteiger partial charge in [-0.05, 0) is 24.5 Å². The van der Waals surface area contributed by atoms with Crippen LogP contribution < -0.4 is 4.90 Å². The van der Waals surface area contributed by atoms with E-state index in [0.717, 1.165) is 55.3 Å². The Labute approximate surface area is 135 Å². The maximum absolute atomic E-state index is 12.8. The lowest BCUT2D eigenvalue weighted by Crippen LogP contribution is -2.35. The molecular weight excluding hydrogens is 294 g/mol. The molecule has 1 fully saturated rings. The molecule has 0 saturated carbocycles. The zero-order chi connectivity index (χ0) is 15.4. The number of benzene rings is 1. The predicted octanol–water partition coefficient (Wildman–Crippen LogP) is 3.06. The highest BCUT2D eigenvalue weighted by Crippen LogP contribution is 2.20. The fourth-order valence-corrected chi connectivity index (χ4v) is 3.59. The average Bonchev–Trinajstić information content (AvgIpc) is 2.99. The lowest BCUT2D eigenvalue weighted by molar-refractivity contribution is 0.0766. The lowest BCUT2D eigenvalue weighted by atomic mass is 10.0. The monoisotopic (exact) mass is 315 g/mol. The van der Waals surface area contributed by atoms with Gasteiger partial charge >= 0.3 is 0 Å². The zero-order valence-corrected chi connectivity index (χ0v) is 13.7. The van der Waals surface area contributed by atoms with Gasteiger partial charge in [0.15, 0.2) is 5.13 Å². The summed E-state index contributed by atoms with van der Waals surface area (Å²) in [6, 6.07) is 7.95. The van der Waals surface area contributed by atoms with Crippen molar-refractivity contribution in [2.24, 2.45) is 0 Å². The fourth-order valence-electron chi connectivity index (χ4n) is 2.89. The second kappa shape index (κ2) is 6.92. The van der Waals surface area contributed by atoms with E-state index in [0.29, 0.717) is 0 Å². The molecule has 4 nitrogen and oxygen atoms in total. The van der Waals surface area contributed by atoms with Crippen molar-refractivity contribution in [3.8, 4) is 0 Å². The van der Waals surface area contributed by atoms with Gasteiger partial charge in [0, 0.05) is 43.3 Å². The number of hydrogen-bond acceptors (Lipinski definition) is 4. The normalized spacial score (nSPS) is 15.7. The molecule has 0 bridgehead atoms. The van der Waals surface area contributed by atoms with Gasteiger partial charge < -0.3 is 9.80 Å². The highest BCUT2D eigenvalue weighted by molar-refractivity contribution is 7.13. The van der Waals surface area contributed by atoms with Crippen molar-refractivity contribution in [2.75, 3.05) is 31.1 Å². The molecule has 0 N–H and O–H groups in total. The van der Waals surface area contributed by atoms with Crippen LogP contribution in [-0.4, -0.2) is 42.0 Å². The van der Waals surface area contributed by atoms with Crippen LogP contribution in [0.5, 0.6) is 0 Å². The van der Waals surface area contributed by atoms with E-state index in [9.17, 15) is 4.79 Å². The highest BCUT2D eigenvalue weighted by Gasteiger charge is 2.22. The van der Waals surface area contributed by atoms with E-state index >= 15 is 0 Å². The summed E-state index contributed by atoms with van der Waals surface area (Å²) in [4.78, 5) is 21.5. The van der Waals surface area contributed by atoms with Gasteiger partial charge in [-0.2, -0.15) is 0 Å². The van der Waals surface area contributed by atoms with Crippen molar-refractivity contribution in [1.29, 1.82) is 0 Å². The number of aryl methyl sites for hydroxylation is 1. The van der Waals surface area contributed by atoms with E-state index in [-0.39, 0.29) is 5.91 Å². The number of rotatable bonds is 3. The van der Waals surface area contributed by atoms with Crippen molar-refractivity contribution in [3.63, 3.8) is 0 Å². The Kier molecular flexibility index (Phi) is 4.73. The topological polar surface area (TPSA) is 36.4 Å². The third-order valence-corrected chi connectivity index (χ3v) is 4.93. The summed E-state index contributed by atoms with van der Waals surface area (Å²) in [5, 5.41) is 3.06. The first kappa shape index (κ1) is 15.0. The van der Waals surface area contributed by atoms with Gasteiger partial charge in [0.1, 0.15) is 0 Å². The van der Waals surface area contributed by atoms with E-state index in [1.165, 1.54) is 0 Å². The average molecular weight is 315 g/mol. The Balaban J connectivity index is 1.71. The SMILES string of the molecule is CCc1ccccc1C(=O)N1CCCN(c2nccs2)CC1. The summed E-state index contributed by atoms with van der Waals surface area (Å²) in [5.41, 5.74) is 1.99. The second-order valence-corrected chi connectivity index (χ2v) is 6.33. The number of carbonyl (C=O) groups excluding carboxylic acids is 1. The Hall–Kier alpha value is -1.88. The molecule has 0 aliphatic carbocycles. The highest BCUT2D eigenvalue weighted by atomic mass is 32.1. The number of aromatic nitrogens is 1. The summed E-state index contributed by atoms with van der Waals surface area (Å²) in [7, 11) is 0. The summed E-state index contributed by atoms with van der Waals surface area (Å²) in [6.07, 6.45) is 3.71. The second-order valence-electron chi connectivity index (χ2n) is 5.46. The van der Waals surface area contributed by atoms with Crippen molar-refractivity contribution >= 4 is 22.4 Å². The molecule has 22 heavy (non-hydrogen) atoms. The molecule has 0 atom stereocenters. The maximum atomic E-state index is 12.8. The summed E-state index contributed by atoms with van der Waals surface area (Å²) < 4.78 is 0. The van der Waals surface area contributed by atoms with Crippen LogP contribution in [0.15, 0.2) is 35.8 Å². The number of anilines is 1. The van der Waals surface area contributed by atoms with E-state index in [1.807, 2.05) is 40.7 Å². The first-order chi connectivity index (χ1) is 10.8. The molecule has 0 unspecified atom stereocenters. The quantitative estimate of drug-likeness (QED) is 0.873. The smallest absolute Gasteiger partial charge is 0.254 e. The van der Waals surface area contributed by atoms with Gasteiger partial charge in [0.05, 0.1) is 0 Å². The van der Waals surface area contributed by atoms with Crippen LogP contribution in [0.2, 0.25) is 0 Å². The van der Waals surface area contributed by atoms with Gasteiger partial charge in [-0.3, -0.25) is 4.79 Å². The van der Waals surface area contributed by atoms with E-state index < -0.39 is 0 Å². The number of carbonyl (C=O) groups is 1.